The van der Waals surface area contributed by atoms with E-state index in [0.29, 0.717) is 0 Å². The second-order valence-corrected chi connectivity index (χ2v) is 6.85. The van der Waals surface area contributed by atoms with Crippen molar-refractivity contribution in [3.8, 4) is 0 Å². The zero-order valence-corrected chi connectivity index (χ0v) is 13.8. The van der Waals surface area contributed by atoms with Crippen LogP contribution in [0.2, 0.25) is 0 Å². The Hall–Kier alpha value is -1.20. The van der Waals surface area contributed by atoms with Crippen molar-refractivity contribution < 1.29 is 0 Å². The number of piperidine rings is 1. The van der Waals surface area contributed by atoms with Gasteiger partial charge in [-0.3, -0.25) is 0 Å². The summed E-state index contributed by atoms with van der Waals surface area (Å²) in [5.74, 6) is 1.86. The van der Waals surface area contributed by atoms with E-state index in [2.05, 4.69) is 33.2 Å². The van der Waals surface area contributed by atoms with Gasteiger partial charge in [0.2, 0.25) is 0 Å². The van der Waals surface area contributed by atoms with E-state index in [1.165, 1.54) is 42.6 Å². The molecular weight excluding hydrogens is 280 g/mol. The fraction of sp³-hybridized carbons (Fsp3) is 0.625. The fourth-order valence-corrected chi connectivity index (χ4v) is 3.92. The minimum Gasteiger partial charge on any atom is -0.368 e. The standard InChI is InChI=1S/C16H24N4S/c1-3-13-11-14-15(18-12(2)19-16(14)21-13)17-7-10-20-8-5-4-6-9-20/h11H,3-10H2,1-2H3,(H,17,18,19). The number of nitrogens with one attached hydrogen (secondary N) is 1. The van der Waals surface area contributed by atoms with Crippen molar-refractivity contribution >= 4 is 27.4 Å². The molecule has 0 aliphatic carbocycles. The molecule has 0 amide bonds. The van der Waals surface area contributed by atoms with E-state index in [9.17, 15) is 0 Å². The van der Waals surface area contributed by atoms with Crippen molar-refractivity contribution in [1.82, 2.24) is 14.9 Å². The lowest BCUT2D eigenvalue weighted by molar-refractivity contribution is 0.237. The number of hydrogen-bond acceptors (Lipinski definition) is 5. The summed E-state index contributed by atoms with van der Waals surface area (Å²) in [6.07, 6.45) is 5.15. The van der Waals surface area contributed by atoms with Gasteiger partial charge in [0.15, 0.2) is 0 Å². The van der Waals surface area contributed by atoms with Gasteiger partial charge in [-0.25, -0.2) is 9.97 Å². The van der Waals surface area contributed by atoms with Gasteiger partial charge in [0.25, 0.3) is 0 Å². The number of aromatic nitrogens is 2. The lowest BCUT2D eigenvalue weighted by Gasteiger charge is -2.26. The van der Waals surface area contributed by atoms with E-state index in [1.807, 2.05) is 6.92 Å². The first-order chi connectivity index (χ1) is 10.3. The molecule has 114 valence electrons. The summed E-state index contributed by atoms with van der Waals surface area (Å²) < 4.78 is 0. The van der Waals surface area contributed by atoms with Gasteiger partial charge < -0.3 is 10.2 Å². The molecule has 0 aromatic carbocycles. The van der Waals surface area contributed by atoms with Crippen LogP contribution in [-0.4, -0.2) is 41.0 Å². The zero-order chi connectivity index (χ0) is 14.7. The molecule has 3 rings (SSSR count). The molecule has 1 aliphatic rings. The van der Waals surface area contributed by atoms with Gasteiger partial charge in [0, 0.05) is 18.0 Å². The highest BCUT2D eigenvalue weighted by molar-refractivity contribution is 7.18. The van der Waals surface area contributed by atoms with Crippen molar-refractivity contribution in [1.29, 1.82) is 0 Å². The third-order valence-electron chi connectivity index (χ3n) is 4.07. The van der Waals surface area contributed by atoms with E-state index < -0.39 is 0 Å². The Bertz CT molecular complexity index is 602. The van der Waals surface area contributed by atoms with Crippen LogP contribution in [0.15, 0.2) is 6.07 Å². The van der Waals surface area contributed by atoms with Crippen LogP contribution in [0.5, 0.6) is 0 Å². The molecule has 2 aromatic heterocycles. The van der Waals surface area contributed by atoms with E-state index in [0.717, 1.165) is 36.0 Å². The minimum atomic E-state index is 0.854. The first-order valence-corrected chi connectivity index (χ1v) is 8.81. The van der Waals surface area contributed by atoms with Crippen LogP contribution in [0.1, 0.15) is 36.9 Å². The molecular formula is C16H24N4S. The van der Waals surface area contributed by atoms with Gasteiger partial charge >= 0.3 is 0 Å². The van der Waals surface area contributed by atoms with Gasteiger partial charge in [-0.1, -0.05) is 13.3 Å². The molecule has 3 heterocycles. The van der Waals surface area contributed by atoms with Gasteiger partial charge in [0.05, 0.1) is 5.39 Å². The molecule has 1 aliphatic heterocycles. The molecule has 0 radical (unpaired) electrons. The summed E-state index contributed by atoms with van der Waals surface area (Å²) in [7, 11) is 0. The summed E-state index contributed by atoms with van der Waals surface area (Å²) in [6.45, 7) is 8.73. The number of aryl methyl sites for hydroxylation is 2. The second-order valence-electron chi connectivity index (χ2n) is 5.73. The highest BCUT2D eigenvalue weighted by atomic mass is 32.1. The topological polar surface area (TPSA) is 41.0 Å². The Morgan fingerprint density at radius 2 is 2.05 bits per heavy atom. The first-order valence-electron chi connectivity index (χ1n) is 7.99. The average Bonchev–Trinajstić information content (AvgIpc) is 2.91. The number of anilines is 1. The molecule has 0 bridgehead atoms. The first kappa shape index (κ1) is 14.7. The smallest absolute Gasteiger partial charge is 0.138 e. The van der Waals surface area contributed by atoms with Crippen LogP contribution in [0.25, 0.3) is 10.2 Å². The molecule has 1 fully saturated rings. The maximum absolute atomic E-state index is 4.60. The Balaban J connectivity index is 1.69. The third kappa shape index (κ3) is 3.52. The maximum atomic E-state index is 4.60. The molecule has 5 heteroatoms. The van der Waals surface area contributed by atoms with Crippen molar-refractivity contribution in [2.75, 3.05) is 31.5 Å². The van der Waals surface area contributed by atoms with Crippen LogP contribution in [0.4, 0.5) is 5.82 Å². The number of fused-ring (bicyclic) bond motifs is 1. The predicted octanol–water partition coefficient (Wildman–Crippen LogP) is 3.46. The number of thiophene rings is 1. The van der Waals surface area contributed by atoms with Crippen molar-refractivity contribution in [3.63, 3.8) is 0 Å². The van der Waals surface area contributed by atoms with Crippen molar-refractivity contribution in [3.05, 3.63) is 16.8 Å². The zero-order valence-electron chi connectivity index (χ0n) is 13.0. The van der Waals surface area contributed by atoms with Gasteiger partial charge in [0.1, 0.15) is 16.5 Å². The Morgan fingerprint density at radius 1 is 1.24 bits per heavy atom. The summed E-state index contributed by atoms with van der Waals surface area (Å²) in [5.41, 5.74) is 0. The highest BCUT2D eigenvalue weighted by Crippen LogP contribution is 2.29. The fourth-order valence-electron chi connectivity index (χ4n) is 2.90. The van der Waals surface area contributed by atoms with Gasteiger partial charge in [-0.2, -0.15) is 0 Å². The number of hydrogen-bond donors (Lipinski definition) is 1. The van der Waals surface area contributed by atoms with E-state index in [-0.39, 0.29) is 0 Å². The second kappa shape index (κ2) is 6.71. The monoisotopic (exact) mass is 304 g/mol. The lowest BCUT2D eigenvalue weighted by atomic mass is 10.1. The highest BCUT2D eigenvalue weighted by Gasteiger charge is 2.12. The molecule has 0 spiro atoms. The van der Waals surface area contributed by atoms with E-state index >= 15 is 0 Å². The van der Waals surface area contributed by atoms with E-state index in [1.54, 1.807) is 11.3 Å². The Morgan fingerprint density at radius 3 is 2.81 bits per heavy atom. The molecule has 21 heavy (non-hydrogen) atoms. The number of nitrogens with zero attached hydrogens (tertiary/aromatic N) is 3. The quantitative estimate of drug-likeness (QED) is 0.918. The van der Waals surface area contributed by atoms with Crippen molar-refractivity contribution in [2.45, 2.75) is 39.5 Å². The third-order valence-corrected chi connectivity index (χ3v) is 5.25. The van der Waals surface area contributed by atoms with Crippen LogP contribution in [-0.2, 0) is 6.42 Å². The molecule has 1 N–H and O–H groups in total. The van der Waals surface area contributed by atoms with Gasteiger partial charge in [-0.05, 0) is 45.3 Å². The van der Waals surface area contributed by atoms with Crippen LogP contribution in [0.3, 0.4) is 0 Å². The SMILES string of the molecule is CCc1cc2c(NCCN3CCCCC3)nc(C)nc2s1. The summed E-state index contributed by atoms with van der Waals surface area (Å²) in [4.78, 5) is 14.2. The van der Waals surface area contributed by atoms with Crippen LogP contribution >= 0.6 is 11.3 Å². The van der Waals surface area contributed by atoms with Crippen molar-refractivity contribution in [2.24, 2.45) is 0 Å². The molecule has 0 saturated carbocycles. The summed E-state index contributed by atoms with van der Waals surface area (Å²) in [5, 5.41) is 4.71. The largest absolute Gasteiger partial charge is 0.368 e. The normalized spacial score (nSPS) is 16.5. The molecule has 0 atom stereocenters. The Kier molecular flexibility index (Phi) is 4.70. The minimum absolute atomic E-state index is 0.854. The lowest BCUT2D eigenvalue weighted by Crippen LogP contribution is -2.33. The average molecular weight is 304 g/mol. The maximum Gasteiger partial charge on any atom is 0.138 e. The van der Waals surface area contributed by atoms with E-state index in [4.69, 9.17) is 0 Å². The van der Waals surface area contributed by atoms with Gasteiger partial charge in [-0.15, -0.1) is 11.3 Å². The summed E-state index contributed by atoms with van der Waals surface area (Å²) >= 11 is 1.79. The summed E-state index contributed by atoms with van der Waals surface area (Å²) in [6, 6.07) is 2.24. The van der Waals surface area contributed by atoms with Crippen LogP contribution < -0.4 is 5.32 Å². The molecule has 4 nitrogen and oxygen atoms in total. The Labute approximate surface area is 130 Å². The molecule has 1 saturated heterocycles. The van der Waals surface area contributed by atoms with Crippen LogP contribution in [0, 0.1) is 6.92 Å². The molecule has 2 aromatic rings. The molecule has 0 unspecified atom stereocenters. The number of rotatable bonds is 5. The predicted molar refractivity (Wildman–Crippen MR) is 90.3 cm³/mol. The number of likely N-dealkylation sites (tertiary alicyclic amines) is 1.